The molecule has 0 saturated carbocycles. The number of allylic oxidation sites excluding steroid dienone is 2. The van der Waals surface area contributed by atoms with Gasteiger partial charge in [-0.25, -0.2) is 5.48 Å². The SMILES string of the molecule is O=C(/C=C/c1ccc(CN2CCC(C3=CCc4ccccc43)CC2)cc1)NO. The molecule has 1 aliphatic heterocycles. The fourth-order valence-corrected chi connectivity index (χ4v) is 4.30. The molecule has 28 heavy (non-hydrogen) atoms. The molecule has 1 saturated heterocycles. The number of carbonyl (C=O) groups excluding carboxylic acids is 1. The van der Waals surface area contributed by atoms with Gasteiger partial charge in [0.25, 0.3) is 5.91 Å². The molecule has 0 bridgehead atoms. The van der Waals surface area contributed by atoms with Gasteiger partial charge in [-0.2, -0.15) is 0 Å². The number of nitrogens with one attached hydrogen (secondary N) is 1. The first-order valence-corrected chi connectivity index (χ1v) is 9.95. The Kier molecular flexibility index (Phi) is 5.70. The molecule has 144 valence electrons. The monoisotopic (exact) mass is 374 g/mol. The molecule has 1 fully saturated rings. The van der Waals surface area contributed by atoms with E-state index in [0.29, 0.717) is 5.92 Å². The van der Waals surface area contributed by atoms with Gasteiger partial charge in [0.1, 0.15) is 0 Å². The van der Waals surface area contributed by atoms with Crippen molar-refractivity contribution in [1.82, 2.24) is 10.4 Å². The van der Waals surface area contributed by atoms with Gasteiger partial charge in [-0.3, -0.25) is 14.9 Å². The number of fused-ring (bicyclic) bond motifs is 1. The van der Waals surface area contributed by atoms with Crippen molar-refractivity contribution in [2.45, 2.75) is 25.8 Å². The van der Waals surface area contributed by atoms with E-state index in [2.05, 4.69) is 47.4 Å². The molecule has 0 atom stereocenters. The first-order chi connectivity index (χ1) is 13.7. The quantitative estimate of drug-likeness (QED) is 0.471. The number of nitrogens with zero attached hydrogens (tertiary/aromatic N) is 1. The van der Waals surface area contributed by atoms with Crippen LogP contribution in [0.25, 0.3) is 11.6 Å². The third-order valence-electron chi connectivity index (χ3n) is 5.82. The van der Waals surface area contributed by atoms with Crippen molar-refractivity contribution >= 4 is 17.6 Å². The van der Waals surface area contributed by atoms with Gasteiger partial charge in [0.15, 0.2) is 0 Å². The highest BCUT2D eigenvalue weighted by Crippen LogP contribution is 2.37. The van der Waals surface area contributed by atoms with Gasteiger partial charge < -0.3 is 0 Å². The fraction of sp³-hybridized carbons (Fsp3) is 0.292. The maximum atomic E-state index is 11.0. The summed E-state index contributed by atoms with van der Waals surface area (Å²) >= 11 is 0. The minimum Gasteiger partial charge on any atom is -0.299 e. The second kappa shape index (κ2) is 8.55. The molecule has 2 aromatic carbocycles. The number of carbonyl (C=O) groups is 1. The zero-order chi connectivity index (χ0) is 19.3. The number of piperidine rings is 1. The maximum absolute atomic E-state index is 11.0. The van der Waals surface area contributed by atoms with Gasteiger partial charge in [-0.05, 0) is 72.2 Å². The highest BCUT2D eigenvalue weighted by molar-refractivity contribution is 5.90. The van der Waals surface area contributed by atoms with Gasteiger partial charge in [-0.15, -0.1) is 0 Å². The summed E-state index contributed by atoms with van der Waals surface area (Å²) in [6, 6.07) is 17.1. The summed E-state index contributed by atoms with van der Waals surface area (Å²) in [5.74, 6) is 0.164. The number of rotatable bonds is 5. The molecule has 4 nitrogen and oxygen atoms in total. The van der Waals surface area contributed by atoms with Crippen LogP contribution in [0.4, 0.5) is 0 Å². The molecule has 2 aliphatic rings. The zero-order valence-corrected chi connectivity index (χ0v) is 16.0. The lowest BCUT2D eigenvalue weighted by Crippen LogP contribution is -2.33. The third kappa shape index (κ3) is 4.24. The average molecular weight is 374 g/mol. The number of benzene rings is 2. The lowest BCUT2D eigenvalue weighted by Gasteiger charge is -2.33. The Labute approximate surface area is 166 Å². The van der Waals surface area contributed by atoms with E-state index in [1.54, 1.807) is 17.1 Å². The molecular formula is C24H26N2O2. The molecule has 0 spiro atoms. The van der Waals surface area contributed by atoms with Crippen LogP contribution in [0.2, 0.25) is 0 Å². The van der Waals surface area contributed by atoms with Crippen LogP contribution in [0.15, 0.2) is 60.7 Å². The Bertz CT molecular complexity index is 891. The predicted octanol–water partition coefficient (Wildman–Crippen LogP) is 4.06. The van der Waals surface area contributed by atoms with E-state index < -0.39 is 5.91 Å². The van der Waals surface area contributed by atoms with Crippen LogP contribution < -0.4 is 5.48 Å². The van der Waals surface area contributed by atoms with Gasteiger partial charge in [-0.1, -0.05) is 54.6 Å². The van der Waals surface area contributed by atoms with Gasteiger partial charge >= 0.3 is 0 Å². The molecule has 1 amide bonds. The summed E-state index contributed by atoms with van der Waals surface area (Å²) in [5, 5.41) is 8.52. The van der Waals surface area contributed by atoms with E-state index in [-0.39, 0.29) is 0 Å². The molecule has 2 N–H and O–H groups in total. The average Bonchev–Trinajstić information content (AvgIpc) is 3.18. The van der Waals surface area contributed by atoms with Crippen LogP contribution in [0.3, 0.4) is 0 Å². The van der Waals surface area contributed by atoms with Crippen LogP contribution in [0, 0.1) is 5.92 Å². The van der Waals surface area contributed by atoms with Crippen molar-refractivity contribution in [3.05, 3.63) is 82.9 Å². The number of likely N-dealkylation sites (tertiary alicyclic amines) is 1. The lowest BCUT2D eigenvalue weighted by molar-refractivity contribution is -0.124. The first kappa shape index (κ1) is 18.7. The Morgan fingerprint density at radius 3 is 2.61 bits per heavy atom. The van der Waals surface area contributed by atoms with Crippen molar-refractivity contribution < 1.29 is 10.0 Å². The predicted molar refractivity (Wildman–Crippen MR) is 112 cm³/mol. The van der Waals surface area contributed by atoms with Crippen molar-refractivity contribution in [2.24, 2.45) is 5.92 Å². The first-order valence-electron chi connectivity index (χ1n) is 9.95. The number of amides is 1. The minimum atomic E-state index is -0.521. The molecule has 1 aliphatic carbocycles. The summed E-state index contributed by atoms with van der Waals surface area (Å²) in [7, 11) is 0. The van der Waals surface area contributed by atoms with E-state index in [1.807, 2.05) is 12.1 Å². The molecule has 2 aromatic rings. The van der Waals surface area contributed by atoms with E-state index in [4.69, 9.17) is 5.21 Å². The van der Waals surface area contributed by atoms with Crippen molar-refractivity contribution in [3.8, 4) is 0 Å². The highest BCUT2D eigenvalue weighted by Gasteiger charge is 2.26. The van der Waals surface area contributed by atoms with Gasteiger partial charge in [0.05, 0.1) is 0 Å². The second-order valence-corrected chi connectivity index (χ2v) is 7.62. The van der Waals surface area contributed by atoms with Crippen molar-refractivity contribution in [3.63, 3.8) is 0 Å². The molecule has 4 rings (SSSR count). The molecule has 0 unspecified atom stereocenters. The minimum absolute atomic E-state index is 0.521. The van der Waals surface area contributed by atoms with Crippen molar-refractivity contribution in [2.75, 3.05) is 13.1 Å². The van der Waals surface area contributed by atoms with Crippen LogP contribution >= 0.6 is 0 Å². The lowest BCUT2D eigenvalue weighted by atomic mass is 9.86. The zero-order valence-electron chi connectivity index (χ0n) is 16.0. The molecule has 0 aromatic heterocycles. The second-order valence-electron chi connectivity index (χ2n) is 7.62. The molecule has 0 radical (unpaired) electrons. The summed E-state index contributed by atoms with van der Waals surface area (Å²) < 4.78 is 0. The fourth-order valence-electron chi connectivity index (χ4n) is 4.30. The Hall–Kier alpha value is -2.69. The summed E-state index contributed by atoms with van der Waals surface area (Å²) in [4.78, 5) is 13.6. The van der Waals surface area contributed by atoms with E-state index in [0.717, 1.165) is 31.6 Å². The third-order valence-corrected chi connectivity index (χ3v) is 5.82. The maximum Gasteiger partial charge on any atom is 0.267 e. The van der Waals surface area contributed by atoms with Gasteiger partial charge in [0.2, 0.25) is 0 Å². The molecular weight excluding hydrogens is 348 g/mol. The summed E-state index contributed by atoms with van der Waals surface area (Å²) in [5.41, 5.74) is 8.34. The highest BCUT2D eigenvalue weighted by atomic mass is 16.5. The smallest absolute Gasteiger partial charge is 0.267 e. The summed E-state index contributed by atoms with van der Waals surface area (Å²) in [6.45, 7) is 3.22. The molecule has 1 heterocycles. The number of hydrogen-bond acceptors (Lipinski definition) is 3. The Morgan fingerprint density at radius 1 is 1.11 bits per heavy atom. The summed E-state index contributed by atoms with van der Waals surface area (Å²) in [6.07, 6.45) is 8.97. The molecule has 4 heteroatoms. The topological polar surface area (TPSA) is 52.6 Å². The van der Waals surface area contributed by atoms with Crippen molar-refractivity contribution in [1.29, 1.82) is 0 Å². The standard InChI is InChI=1S/C24H26N2O2/c27-24(25-28)12-9-18-5-7-19(8-6-18)17-26-15-13-21(14-16-26)23-11-10-20-3-1-2-4-22(20)23/h1-9,11-12,21,28H,10,13-17H2,(H,25,27)/b12-9+. The van der Waals surface area contributed by atoms with Crippen LogP contribution in [0.5, 0.6) is 0 Å². The van der Waals surface area contributed by atoms with E-state index in [1.165, 1.54) is 35.6 Å². The van der Waals surface area contributed by atoms with E-state index >= 15 is 0 Å². The van der Waals surface area contributed by atoms with E-state index in [9.17, 15) is 4.79 Å². The number of hydroxylamine groups is 1. The van der Waals surface area contributed by atoms with Crippen LogP contribution in [-0.4, -0.2) is 29.1 Å². The Morgan fingerprint density at radius 2 is 1.86 bits per heavy atom. The van der Waals surface area contributed by atoms with Crippen LogP contribution in [0.1, 0.15) is 35.1 Å². The normalized spacial score (nSPS) is 17.5. The largest absolute Gasteiger partial charge is 0.299 e. The van der Waals surface area contributed by atoms with Crippen LogP contribution in [-0.2, 0) is 17.8 Å². The number of hydrogen-bond donors (Lipinski definition) is 2. The van der Waals surface area contributed by atoms with Gasteiger partial charge in [0, 0.05) is 12.6 Å². The Balaban J connectivity index is 1.30.